The Morgan fingerprint density at radius 3 is 2.04 bits per heavy atom. The number of carbonyl (C=O) groups excluding carboxylic acids is 3. The maximum Gasteiger partial charge on any atom is 0.410 e. The van der Waals surface area contributed by atoms with Gasteiger partial charge in [-0.25, -0.2) is 4.79 Å². The van der Waals surface area contributed by atoms with Crippen LogP contribution in [0.25, 0.3) is 0 Å². The van der Waals surface area contributed by atoms with E-state index in [1.54, 1.807) is 41.5 Å². The number of likely N-dealkylation sites (tertiary alicyclic amines) is 1. The highest BCUT2D eigenvalue weighted by Crippen LogP contribution is 2.20. The molecule has 6 nitrogen and oxygen atoms in total. The monoisotopic (exact) mass is 349 g/mol. The van der Waals surface area contributed by atoms with Crippen molar-refractivity contribution in [1.29, 1.82) is 0 Å². The van der Waals surface area contributed by atoms with Gasteiger partial charge in [0.05, 0.1) is 0 Å². The number of carbonyl (C=O) groups is 3. The number of ketones is 1. The van der Waals surface area contributed by atoms with Crippen LogP contribution in [0.1, 0.15) is 54.4 Å². The van der Waals surface area contributed by atoms with Crippen LogP contribution in [0.3, 0.4) is 0 Å². The van der Waals surface area contributed by atoms with Crippen LogP contribution in [0, 0.1) is 5.92 Å². The predicted molar refractivity (Wildman–Crippen MR) is 88.6 cm³/mol. The molecule has 0 saturated carbocycles. The Morgan fingerprint density at radius 1 is 1.04 bits per heavy atom. The summed E-state index contributed by atoms with van der Waals surface area (Å²) in [7, 11) is 0. The van der Waals surface area contributed by atoms with Gasteiger partial charge < -0.3 is 14.4 Å². The van der Waals surface area contributed by atoms with Gasteiger partial charge >= 0.3 is 12.1 Å². The van der Waals surface area contributed by atoms with E-state index in [-0.39, 0.29) is 31.2 Å². The first-order valence-electron chi connectivity index (χ1n) is 7.62. The van der Waals surface area contributed by atoms with Gasteiger partial charge in [0, 0.05) is 19.5 Å². The molecule has 0 spiro atoms. The van der Waals surface area contributed by atoms with E-state index in [2.05, 4.69) is 0 Å². The molecule has 1 rings (SSSR count). The number of ether oxygens (including phenoxy) is 2. The largest absolute Gasteiger partial charge is 0.459 e. The second-order valence-corrected chi connectivity index (χ2v) is 7.58. The molecule has 1 amide bonds. The molecule has 0 aliphatic carbocycles. The normalized spacial score (nSPS) is 19.5. The Bertz CT molecular complexity index is 450. The van der Waals surface area contributed by atoms with E-state index in [1.807, 2.05) is 0 Å². The Labute approximate surface area is 144 Å². The Hall–Kier alpha value is -1.30. The van der Waals surface area contributed by atoms with Crippen LogP contribution in [0.5, 0.6) is 0 Å². The van der Waals surface area contributed by atoms with E-state index in [0.717, 1.165) is 0 Å². The summed E-state index contributed by atoms with van der Waals surface area (Å²) in [4.78, 5) is 37.9. The van der Waals surface area contributed by atoms with Crippen molar-refractivity contribution in [3.05, 3.63) is 0 Å². The van der Waals surface area contributed by atoms with E-state index < -0.39 is 29.2 Å². The van der Waals surface area contributed by atoms with Crippen molar-refractivity contribution < 1.29 is 23.9 Å². The molecule has 134 valence electrons. The summed E-state index contributed by atoms with van der Waals surface area (Å²) in [5, 5.41) is 0. The summed E-state index contributed by atoms with van der Waals surface area (Å²) < 4.78 is 10.6. The fraction of sp³-hybridized carbons (Fsp3) is 0.812. The van der Waals surface area contributed by atoms with E-state index in [1.165, 1.54) is 4.90 Å². The van der Waals surface area contributed by atoms with Crippen LogP contribution < -0.4 is 0 Å². The van der Waals surface area contributed by atoms with Crippen LogP contribution in [0.15, 0.2) is 0 Å². The van der Waals surface area contributed by atoms with Gasteiger partial charge in [-0.15, -0.1) is 12.4 Å². The van der Waals surface area contributed by atoms with Gasteiger partial charge in [0.2, 0.25) is 0 Å². The fourth-order valence-corrected chi connectivity index (χ4v) is 2.10. The zero-order valence-corrected chi connectivity index (χ0v) is 15.6. The maximum absolute atomic E-state index is 12.2. The highest BCUT2D eigenvalue weighted by atomic mass is 35.5. The average Bonchev–Trinajstić information content (AvgIpc) is 2.46. The molecule has 1 saturated heterocycles. The SMILES string of the molecule is CC(C)(C)OC(=O)C1CN(C(=O)OC(C)(C)C)CCCC1=O.Cl. The van der Waals surface area contributed by atoms with Gasteiger partial charge in [-0.3, -0.25) is 9.59 Å². The van der Waals surface area contributed by atoms with Crippen molar-refractivity contribution in [2.24, 2.45) is 5.92 Å². The molecule has 1 heterocycles. The van der Waals surface area contributed by atoms with Gasteiger partial charge in [0.25, 0.3) is 0 Å². The van der Waals surface area contributed by atoms with E-state index in [9.17, 15) is 14.4 Å². The molecule has 1 aliphatic rings. The molecular weight excluding hydrogens is 322 g/mol. The number of halogens is 1. The molecule has 7 heteroatoms. The van der Waals surface area contributed by atoms with Crippen LogP contribution >= 0.6 is 12.4 Å². The molecule has 0 bridgehead atoms. The summed E-state index contributed by atoms with van der Waals surface area (Å²) in [5.74, 6) is -1.69. The predicted octanol–water partition coefficient (Wildman–Crippen LogP) is 2.97. The molecule has 0 aromatic heterocycles. The first-order chi connectivity index (χ1) is 9.89. The molecule has 1 unspecified atom stereocenters. The summed E-state index contributed by atoms with van der Waals surface area (Å²) in [6.07, 6.45) is 0.288. The minimum atomic E-state index is -0.936. The van der Waals surface area contributed by atoms with Crippen molar-refractivity contribution >= 4 is 30.3 Å². The van der Waals surface area contributed by atoms with Crippen molar-refractivity contribution in [3.8, 4) is 0 Å². The van der Waals surface area contributed by atoms with Crippen molar-refractivity contribution in [2.45, 2.75) is 65.6 Å². The van der Waals surface area contributed by atoms with Gasteiger partial charge in [0.1, 0.15) is 22.9 Å². The first kappa shape index (κ1) is 21.7. The van der Waals surface area contributed by atoms with Crippen LogP contribution in [-0.2, 0) is 19.1 Å². The zero-order chi connectivity index (χ0) is 17.1. The van der Waals surface area contributed by atoms with Gasteiger partial charge in [-0.05, 0) is 48.0 Å². The van der Waals surface area contributed by atoms with Gasteiger partial charge in [0.15, 0.2) is 0 Å². The third kappa shape index (κ3) is 7.68. The third-order valence-electron chi connectivity index (χ3n) is 2.99. The molecule has 0 radical (unpaired) electrons. The lowest BCUT2D eigenvalue weighted by molar-refractivity contribution is -0.162. The molecular formula is C16H28ClNO5. The Balaban J connectivity index is 0.00000484. The summed E-state index contributed by atoms with van der Waals surface area (Å²) in [6, 6.07) is 0. The molecule has 1 aliphatic heterocycles. The van der Waals surface area contributed by atoms with E-state index in [4.69, 9.17) is 9.47 Å². The van der Waals surface area contributed by atoms with Gasteiger partial charge in [-0.1, -0.05) is 0 Å². The number of rotatable bonds is 1. The summed E-state index contributed by atoms with van der Waals surface area (Å²) >= 11 is 0. The zero-order valence-electron chi connectivity index (χ0n) is 14.8. The minimum Gasteiger partial charge on any atom is -0.459 e. The third-order valence-corrected chi connectivity index (χ3v) is 2.99. The number of hydrogen-bond acceptors (Lipinski definition) is 5. The number of esters is 1. The summed E-state index contributed by atoms with van der Waals surface area (Å²) in [6.45, 7) is 11.0. The van der Waals surface area contributed by atoms with Crippen molar-refractivity contribution in [2.75, 3.05) is 13.1 Å². The second-order valence-electron chi connectivity index (χ2n) is 7.58. The first-order valence-corrected chi connectivity index (χ1v) is 7.62. The van der Waals surface area contributed by atoms with Crippen molar-refractivity contribution in [1.82, 2.24) is 4.90 Å². The Morgan fingerprint density at radius 2 is 1.57 bits per heavy atom. The summed E-state index contributed by atoms with van der Waals surface area (Å²) in [5.41, 5.74) is -1.28. The number of nitrogens with zero attached hydrogens (tertiary/aromatic N) is 1. The average molecular weight is 350 g/mol. The smallest absolute Gasteiger partial charge is 0.410 e. The highest BCUT2D eigenvalue weighted by molar-refractivity contribution is 6.00. The Kier molecular flexibility index (Phi) is 7.54. The highest BCUT2D eigenvalue weighted by Gasteiger charge is 2.36. The van der Waals surface area contributed by atoms with Gasteiger partial charge in [-0.2, -0.15) is 0 Å². The van der Waals surface area contributed by atoms with Crippen LogP contribution in [0.4, 0.5) is 4.79 Å². The number of amides is 1. The lowest BCUT2D eigenvalue weighted by Gasteiger charge is -2.28. The number of Topliss-reactive ketones (excluding diaryl/α,β-unsaturated/α-hetero) is 1. The standard InChI is InChI=1S/C16H27NO5.ClH/c1-15(2,3)21-13(19)11-10-17(9-7-8-12(11)18)14(20)22-16(4,5)6;/h11H,7-10H2,1-6H3;1H. The molecule has 0 aromatic carbocycles. The number of hydrogen-bond donors (Lipinski definition) is 0. The van der Waals surface area contributed by atoms with Crippen LogP contribution in [0.2, 0.25) is 0 Å². The van der Waals surface area contributed by atoms with Crippen LogP contribution in [-0.4, -0.2) is 47.0 Å². The molecule has 0 aromatic rings. The molecule has 23 heavy (non-hydrogen) atoms. The lowest BCUT2D eigenvalue weighted by atomic mass is 10.0. The quantitative estimate of drug-likeness (QED) is 0.537. The minimum absolute atomic E-state index is 0. The molecule has 1 fully saturated rings. The van der Waals surface area contributed by atoms with E-state index in [0.29, 0.717) is 13.0 Å². The lowest BCUT2D eigenvalue weighted by Crippen LogP contribution is -2.43. The second kappa shape index (κ2) is 7.99. The maximum atomic E-state index is 12.2. The van der Waals surface area contributed by atoms with Crippen molar-refractivity contribution in [3.63, 3.8) is 0 Å². The van der Waals surface area contributed by atoms with E-state index >= 15 is 0 Å². The topological polar surface area (TPSA) is 72.9 Å². The molecule has 1 atom stereocenters. The molecule has 0 N–H and O–H groups in total. The fourth-order valence-electron chi connectivity index (χ4n) is 2.10.